The number of hydrogen-bond acceptors (Lipinski definition) is 3. The van der Waals surface area contributed by atoms with Gasteiger partial charge in [0.05, 0.1) is 16.8 Å². The molecule has 0 fully saturated rings. The molecule has 0 saturated heterocycles. The van der Waals surface area contributed by atoms with Crippen LogP contribution in [-0.2, 0) is 12.4 Å². The van der Waals surface area contributed by atoms with Crippen molar-refractivity contribution >= 4 is 27.5 Å². The third-order valence-electron chi connectivity index (χ3n) is 3.73. The molecule has 1 N–H and O–H groups in total. The topological polar surface area (TPSA) is 47.6 Å². The predicted molar refractivity (Wildman–Crippen MR) is 89.5 cm³/mol. The molecule has 0 aliphatic carbocycles. The molecule has 2 aromatic carbocycles. The average molecular weight is 470 g/mol. The number of ether oxygens (including phenoxy) is 2. The lowest BCUT2D eigenvalue weighted by Gasteiger charge is -2.20. The number of amides is 1. The van der Waals surface area contributed by atoms with Crippen molar-refractivity contribution in [1.82, 2.24) is 0 Å². The van der Waals surface area contributed by atoms with Crippen molar-refractivity contribution in [2.75, 3.05) is 18.5 Å². The zero-order valence-electron chi connectivity index (χ0n) is 13.7. The molecule has 28 heavy (non-hydrogen) atoms. The van der Waals surface area contributed by atoms with Crippen LogP contribution in [0.4, 0.5) is 32.0 Å². The number of hydrogen-bond donors (Lipinski definition) is 1. The Kier molecular flexibility index (Phi) is 5.22. The fraction of sp³-hybridized carbons (Fsp3) is 0.235. The standard InChI is InChI=1S/C17H10BrF6NO3/c18-11-6-13-14(28-2-1-27-13)7-12(11)25-15(26)8-3-9(16(19,20)21)5-10(4-8)17(22,23)24/h3-7H,1-2H2,(H,25,26). The van der Waals surface area contributed by atoms with Gasteiger partial charge in [0.2, 0.25) is 0 Å². The van der Waals surface area contributed by atoms with Gasteiger partial charge >= 0.3 is 12.4 Å². The van der Waals surface area contributed by atoms with Gasteiger partial charge < -0.3 is 14.8 Å². The Morgan fingerprint density at radius 1 is 0.857 bits per heavy atom. The number of carbonyl (C=O) groups is 1. The molecule has 3 rings (SSSR count). The van der Waals surface area contributed by atoms with Crippen LogP contribution in [0.2, 0.25) is 0 Å². The molecule has 0 bridgehead atoms. The first-order valence-corrected chi connectivity index (χ1v) is 8.44. The summed E-state index contributed by atoms with van der Waals surface area (Å²) in [7, 11) is 0. The summed E-state index contributed by atoms with van der Waals surface area (Å²) in [5, 5.41) is 2.28. The lowest BCUT2D eigenvalue weighted by molar-refractivity contribution is -0.143. The molecule has 1 amide bonds. The van der Waals surface area contributed by atoms with E-state index in [1.807, 2.05) is 0 Å². The quantitative estimate of drug-likeness (QED) is 0.590. The van der Waals surface area contributed by atoms with Gasteiger partial charge in [-0.15, -0.1) is 0 Å². The maximum atomic E-state index is 12.9. The van der Waals surface area contributed by atoms with E-state index in [1.54, 1.807) is 0 Å². The monoisotopic (exact) mass is 469 g/mol. The molecule has 4 nitrogen and oxygen atoms in total. The molecule has 0 saturated carbocycles. The van der Waals surface area contributed by atoms with Gasteiger partial charge in [-0.05, 0) is 34.1 Å². The van der Waals surface area contributed by atoms with Crippen molar-refractivity contribution in [2.45, 2.75) is 12.4 Å². The van der Waals surface area contributed by atoms with E-state index in [-0.39, 0.29) is 24.1 Å². The van der Waals surface area contributed by atoms with Crippen LogP contribution in [0.1, 0.15) is 21.5 Å². The number of rotatable bonds is 2. The van der Waals surface area contributed by atoms with E-state index in [9.17, 15) is 31.1 Å². The van der Waals surface area contributed by atoms with Gasteiger partial charge in [0.25, 0.3) is 5.91 Å². The largest absolute Gasteiger partial charge is 0.486 e. The van der Waals surface area contributed by atoms with Crippen LogP contribution in [0.3, 0.4) is 0 Å². The van der Waals surface area contributed by atoms with Crippen molar-refractivity contribution in [3.05, 3.63) is 51.5 Å². The smallest absolute Gasteiger partial charge is 0.416 e. The minimum absolute atomic E-state index is 0.0449. The van der Waals surface area contributed by atoms with Crippen molar-refractivity contribution in [1.29, 1.82) is 0 Å². The van der Waals surface area contributed by atoms with E-state index in [1.165, 1.54) is 12.1 Å². The summed E-state index contributed by atoms with van der Waals surface area (Å²) < 4.78 is 88.6. The first kappa shape index (κ1) is 20.3. The number of halogens is 7. The third-order valence-corrected chi connectivity index (χ3v) is 4.39. The van der Waals surface area contributed by atoms with E-state index in [0.717, 1.165) is 0 Å². The van der Waals surface area contributed by atoms with Gasteiger partial charge in [-0.3, -0.25) is 4.79 Å². The second kappa shape index (κ2) is 7.19. The molecule has 0 atom stereocenters. The lowest BCUT2D eigenvalue weighted by Crippen LogP contribution is -2.18. The number of benzene rings is 2. The minimum Gasteiger partial charge on any atom is -0.486 e. The number of fused-ring (bicyclic) bond motifs is 1. The molecule has 1 aliphatic rings. The van der Waals surface area contributed by atoms with Crippen LogP contribution >= 0.6 is 15.9 Å². The normalized spacial score (nSPS) is 14.0. The summed E-state index contributed by atoms with van der Waals surface area (Å²) >= 11 is 3.16. The molecule has 1 heterocycles. The fourth-order valence-electron chi connectivity index (χ4n) is 2.44. The molecular formula is C17H10BrF6NO3. The Morgan fingerprint density at radius 3 is 1.86 bits per heavy atom. The molecule has 1 aliphatic heterocycles. The van der Waals surface area contributed by atoms with Crippen LogP contribution in [-0.4, -0.2) is 19.1 Å². The van der Waals surface area contributed by atoms with Gasteiger partial charge in [0, 0.05) is 22.2 Å². The summed E-state index contributed by atoms with van der Waals surface area (Å²) in [5.74, 6) is -0.478. The summed E-state index contributed by atoms with van der Waals surface area (Å²) in [4.78, 5) is 12.4. The molecule has 2 aromatic rings. The SMILES string of the molecule is O=C(Nc1cc2c(cc1Br)OCCO2)c1cc(C(F)(F)F)cc(C(F)(F)F)c1. The maximum absolute atomic E-state index is 12.9. The molecule has 0 spiro atoms. The number of anilines is 1. The van der Waals surface area contributed by atoms with Crippen molar-refractivity contribution in [2.24, 2.45) is 0 Å². The van der Waals surface area contributed by atoms with Crippen molar-refractivity contribution < 1.29 is 40.6 Å². The maximum Gasteiger partial charge on any atom is 0.416 e. The second-order valence-corrected chi connectivity index (χ2v) is 6.58. The first-order valence-electron chi connectivity index (χ1n) is 7.65. The van der Waals surface area contributed by atoms with E-state index in [4.69, 9.17) is 9.47 Å². The van der Waals surface area contributed by atoms with Crippen molar-refractivity contribution in [3.8, 4) is 11.5 Å². The Balaban J connectivity index is 1.96. The fourth-order valence-corrected chi connectivity index (χ4v) is 2.86. The zero-order valence-corrected chi connectivity index (χ0v) is 15.3. The Labute approximate surface area is 162 Å². The van der Waals surface area contributed by atoms with Gasteiger partial charge in [-0.1, -0.05) is 0 Å². The first-order chi connectivity index (χ1) is 12.9. The highest BCUT2D eigenvalue weighted by Gasteiger charge is 2.37. The third kappa shape index (κ3) is 4.34. The van der Waals surface area contributed by atoms with Crippen molar-refractivity contribution in [3.63, 3.8) is 0 Å². The number of alkyl halides is 6. The Morgan fingerprint density at radius 2 is 1.36 bits per heavy atom. The van der Waals surface area contributed by atoms with E-state index < -0.39 is 35.0 Å². The Hall–Kier alpha value is -2.43. The van der Waals surface area contributed by atoms with E-state index in [0.29, 0.717) is 29.0 Å². The predicted octanol–water partition coefficient (Wildman–Crippen LogP) is 5.51. The lowest BCUT2D eigenvalue weighted by atomic mass is 10.0. The molecule has 150 valence electrons. The highest BCUT2D eigenvalue weighted by molar-refractivity contribution is 9.10. The van der Waals surface area contributed by atoms with Crippen LogP contribution in [0.25, 0.3) is 0 Å². The summed E-state index contributed by atoms with van der Waals surface area (Å²) in [6, 6.07) is 3.50. The Bertz CT molecular complexity index is 894. The van der Waals surface area contributed by atoms with Gasteiger partial charge in [0.15, 0.2) is 11.5 Å². The van der Waals surface area contributed by atoms with Crippen LogP contribution in [0, 0.1) is 0 Å². The molecule has 0 unspecified atom stereocenters. The highest BCUT2D eigenvalue weighted by atomic mass is 79.9. The van der Waals surface area contributed by atoms with Gasteiger partial charge in [-0.2, -0.15) is 26.3 Å². The number of nitrogens with one attached hydrogen (secondary N) is 1. The average Bonchev–Trinajstić information content (AvgIpc) is 2.60. The highest BCUT2D eigenvalue weighted by Crippen LogP contribution is 2.39. The van der Waals surface area contributed by atoms with E-state index >= 15 is 0 Å². The zero-order chi connectivity index (χ0) is 20.7. The van der Waals surface area contributed by atoms with Crippen LogP contribution in [0.15, 0.2) is 34.8 Å². The summed E-state index contributed by atoms with van der Waals surface area (Å²) in [5.41, 5.74) is -3.84. The molecule has 0 aromatic heterocycles. The molecular weight excluding hydrogens is 460 g/mol. The van der Waals surface area contributed by atoms with E-state index in [2.05, 4.69) is 21.2 Å². The van der Waals surface area contributed by atoms with Gasteiger partial charge in [0.1, 0.15) is 13.2 Å². The number of carbonyl (C=O) groups excluding carboxylic acids is 1. The summed E-state index contributed by atoms with van der Waals surface area (Å²) in [6.45, 7) is 0.570. The second-order valence-electron chi connectivity index (χ2n) is 5.72. The molecule has 0 radical (unpaired) electrons. The minimum atomic E-state index is -5.05. The van der Waals surface area contributed by atoms with Gasteiger partial charge in [-0.25, -0.2) is 0 Å². The van der Waals surface area contributed by atoms with Crippen LogP contribution < -0.4 is 14.8 Å². The summed E-state index contributed by atoms with van der Waals surface area (Å²) in [6.07, 6.45) is -10.1. The molecule has 11 heteroatoms. The van der Waals surface area contributed by atoms with Crippen LogP contribution in [0.5, 0.6) is 11.5 Å².